The van der Waals surface area contributed by atoms with Gasteiger partial charge in [0.15, 0.2) is 11.5 Å². The van der Waals surface area contributed by atoms with Crippen LogP contribution in [-0.2, 0) is 4.79 Å². The highest BCUT2D eigenvalue weighted by atomic mass is 19.3. The van der Waals surface area contributed by atoms with Crippen molar-refractivity contribution in [2.75, 3.05) is 25.5 Å². The van der Waals surface area contributed by atoms with E-state index in [4.69, 9.17) is 4.74 Å². The summed E-state index contributed by atoms with van der Waals surface area (Å²) in [6.45, 7) is 0.975. The minimum Gasteiger partial charge on any atom is -0.493 e. The number of benzene rings is 2. The summed E-state index contributed by atoms with van der Waals surface area (Å²) in [4.78, 5) is 26.7. The van der Waals surface area contributed by atoms with E-state index in [1.807, 2.05) is 32.0 Å². The molecule has 0 atom stereocenters. The van der Waals surface area contributed by atoms with Crippen molar-refractivity contribution in [3.63, 3.8) is 0 Å². The number of methoxy groups -OCH3 is 1. The maximum absolute atomic E-state index is 12.9. The molecule has 0 fully saturated rings. The van der Waals surface area contributed by atoms with E-state index in [2.05, 4.69) is 10.1 Å². The lowest BCUT2D eigenvalue weighted by molar-refractivity contribution is -0.116. The third-order valence-electron chi connectivity index (χ3n) is 4.16. The normalized spacial score (nSPS) is 10.6. The Morgan fingerprint density at radius 1 is 1.14 bits per heavy atom. The lowest BCUT2D eigenvalue weighted by Gasteiger charge is -2.22. The van der Waals surface area contributed by atoms with Gasteiger partial charge in [0, 0.05) is 17.8 Å². The van der Waals surface area contributed by atoms with E-state index in [0.717, 1.165) is 5.56 Å². The quantitative estimate of drug-likeness (QED) is 0.681. The Kier molecular flexibility index (Phi) is 7.94. The van der Waals surface area contributed by atoms with E-state index in [1.54, 1.807) is 6.07 Å². The highest BCUT2D eigenvalue weighted by Crippen LogP contribution is 2.30. The van der Waals surface area contributed by atoms with Gasteiger partial charge in [0.1, 0.15) is 6.54 Å². The van der Waals surface area contributed by atoms with Crippen molar-refractivity contribution >= 4 is 17.5 Å². The van der Waals surface area contributed by atoms with Gasteiger partial charge < -0.3 is 19.7 Å². The van der Waals surface area contributed by atoms with Crippen LogP contribution in [0.3, 0.4) is 0 Å². The molecule has 0 heterocycles. The minimum absolute atomic E-state index is 0.0111. The molecule has 2 aromatic rings. The summed E-state index contributed by atoms with van der Waals surface area (Å²) in [7, 11) is 1.29. The van der Waals surface area contributed by atoms with Gasteiger partial charge in [0.25, 0.3) is 5.91 Å². The zero-order valence-electron chi connectivity index (χ0n) is 16.6. The summed E-state index contributed by atoms with van der Waals surface area (Å²) in [6, 6.07) is 11.3. The number of alkyl halides is 2. The standard InChI is InChI=1S/C21H24F2N2O4/c1-4-11-25(13-19(26)24-16-8-6-5-7-14(16)2)20(27)15-9-10-17(29-21(22)23)18(12-15)28-3/h5-10,12,21H,4,11,13H2,1-3H3,(H,24,26). The summed E-state index contributed by atoms with van der Waals surface area (Å²) in [5.74, 6) is -0.894. The fourth-order valence-electron chi connectivity index (χ4n) is 2.78. The molecule has 0 spiro atoms. The SMILES string of the molecule is CCCN(CC(=O)Nc1ccccc1C)C(=O)c1ccc(OC(F)F)c(OC)c1. The van der Waals surface area contributed by atoms with Gasteiger partial charge in [-0.2, -0.15) is 8.78 Å². The Hall–Kier alpha value is -3.16. The molecule has 2 amide bonds. The molecule has 0 aliphatic rings. The maximum Gasteiger partial charge on any atom is 0.387 e. The van der Waals surface area contributed by atoms with Crippen molar-refractivity contribution in [2.24, 2.45) is 0 Å². The van der Waals surface area contributed by atoms with Crippen molar-refractivity contribution in [1.82, 2.24) is 4.90 Å². The molecule has 0 radical (unpaired) electrons. The van der Waals surface area contributed by atoms with Crippen LogP contribution in [0.15, 0.2) is 42.5 Å². The Bertz CT molecular complexity index is 858. The molecule has 0 saturated heterocycles. The average Bonchev–Trinajstić information content (AvgIpc) is 2.68. The number of halogens is 2. The van der Waals surface area contributed by atoms with Crippen molar-refractivity contribution in [3.8, 4) is 11.5 Å². The largest absolute Gasteiger partial charge is 0.493 e. The Balaban J connectivity index is 2.16. The molecule has 156 valence electrons. The Labute approximate surface area is 168 Å². The van der Waals surface area contributed by atoms with Gasteiger partial charge in [-0.15, -0.1) is 0 Å². The van der Waals surface area contributed by atoms with Gasteiger partial charge >= 0.3 is 6.61 Å². The molecule has 6 nitrogen and oxygen atoms in total. The number of aryl methyl sites for hydroxylation is 1. The molecule has 0 saturated carbocycles. The molecule has 0 unspecified atom stereocenters. The number of nitrogens with zero attached hydrogens (tertiary/aromatic N) is 1. The van der Waals surface area contributed by atoms with E-state index >= 15 is 0 Å². The van der Waals surface area contributed by atoms with E-state index < -0.39 is 12.5 Å². The number of para-hydroxylation sites is 1. The first kappa shape index (κ1) is 22.1. The Morgan fingerprint density at radius 3 is 2.48 bits per heavy atom. The molecule has 0 bridgehead atoms. The van der Waals surface area contributed by atoms with Crippen LogP contribution in [0.1, 0.15) is 29.3 Å². The highest BCUT2D eigenvalue weighted by molar-refractivity contribution is 6.00. The summed E-state index contributed by atoms with van der Waals surface area (Å²) in [5, 5.41) is 2.80. The highest BCUT2D eigenvalue weighted by Gasteiger charge is 2.21. The van der Waals surface area contributed by atoms with Crippen molar-refractivity contribution < 1.29 is 27.8 Å². The van der Waals surface area contributed by atoms with Gasteiger partial charge in [0.05, 0.1) is 7.11 Å². The molecule has 0 aliphatic heterocycles. The second-order valence-corrected chi connectivity index (χ2v) is 6.33. The number of hydrogen-bond acceptors (Lipinski definition) is 4. The van der Waals surface area contributed by atoms with E-state index in [9.17, 15) is 18.4 Å². The molecule has 2 aromatic carbocycles. The first-order chi connectivity index (χ1) is 13.8. The summed E-state index contributed by atoms with van der Waals surface area (Å²) < 4.78 is 34.4. The number of amides is 2. The second-order valence-electron chi connectivity index (χ2n) is 6.33. The molecule has 0 aromatic heterocycles. The van der Waals surface area contributed by atoms with Crippen molar-refractivity contribution in [1.29, 1.82) is 0 Å². The minimum atomic E-state index is -3.01. The average molecular weight is 406 g/mol. The molecule has 2 rings (SSSR count). The molecule has 8 heteroatoms. The summed E-state index contributed by atoms with van der Waals surface area (Å²) in [6.07, 6.45) is 0.646. The van der Waals surface area contributed by atoms with Crippen LogP contribution >= 0.6 is 0 Å². The first-order valence-electron chi connectivity index (χ1n) is 9.13. The maximum atomic E-state index is 12.9. The number of anilines is 1. The van der Waals surface area contributed by atoms with Crippen LogP contribution < -0.4 is 14.8 Å². The third kappa shape index (κ3) is 6.17. The molecular formula is C21H24F2N2O4. The molecule has 0 aliphatic carbocycles. The number of carbonyl (C=O) groups is 2. The van der Waals surface area contributed by atoms with Crippen LogP contribution in [-0.4, -0.2) is 43.5 Å². The van der Waals surface area contributed by atoms with E-state index in [-0.39, 0.29) is 29.5 Å². The van der Waals surface area contributed by atoms with Gasteiger partial charge in [0.2, 0.25) is 5.91 Å². The Morgan fingerprint density at radius 2 is 1.86 bits per heavy atom. The van der Waals surface area contributed by atoms with Crippen LogP contribution in [0.25, 0.3) is 0 Å². The van der Waals surface area contributed by atoms with Crippen molar-refractivity contribution in [3.05, 3.63) is 53.6 Å². The molecular weight excluding hydrogens is 382 g/mol. The van der Waals surface area contributed by atoms with Gasteiger partial charge in [-0.05, 0) is 43.2 Å². The lowest BCUT2D eigenvalue weighted by atomic mass is 10.1. The van der Waals surface area contributed by atoms with Crippen LogP contribution in [0.5, 0.6) is 11.5 Å². The van der Waals surface area contributed by atoms with Gasteiger partial charge in [-0.1, -0.05) is 25.1 Å². The number of rotatable bonds is 9. The fraction of sp³-hybridized carbons (Fsp3) is 0.333. The topological polar surface area (TPSA) is 67.9 Å². The van der Waals surface area contributed by atoms with E-state index in [1.165, 1.54) is 30.2 Å². The first-order valence-corrected chi connectivity index (χ1v) is 9.13. The number of hydrogen-bond donors (Lipinski definition) is 1. The van der Waals surface area contributed by atoms with Gasteiger partial charge in [-0.25, -0.2) is 0 Å². The number of nitrogens with one attached hydrogen (secondary N) is 1. The zero-order chi connectivity index (χ0) is 21.4. The van der Waals surface area contributed by atoms with Crippen LogP contribution in [0, 0.1) is 6.92 Å². The molecule has 29 heavy (non-hydrogen) atoms. The predicted molar refractivity (Wildman–Crippen MR) is 106 cm³/mol. The molecule has 1 N–H and O–H groups in total. The number of ether oxygens (including phenoxy) is 2. The monoisotopic (exact) mass is 406 g/mol. The van der Waals surface area contributed by atoms with Gasteiger partial charge in [-0.3, -0.25) is 9.59 Å². The van der Waals surface area contributed by atoms with Crippen LogP contribution in [0.2, 0.25) is 0 Å². The third-order valence-corrected chi connectivity index (χ3v) is 4.16. The zero-order valence-corrected chi connectivity index (χ0v) is 16.6. The lowest BCUT2D eigenvalue weighted by Crippen LogP contribution is -2.38. The number of carbonyl (C=O) groups excluding carboxylic acids is 2. The van der Waals surface area contributed by atoms with Crippen LogP contribution in [0.4, 0.5) is 14.5 Å². The predicted octanol–water partition coefficient (Wildman–Crippen LogP) is 4.10. The second kappa shape index (κ2) is 10.4. The summed E-state index contributed by atoms with van der Waals surface area (Å²) in [5.41, 5.74) is 1.80. The van der Waals surface area contributed by atoms with E-state index in [0.29, 0.717) is 18.7 Å². The smallest absolute Gasteiger partial charge is 0.387 e. The fourth-order valence-corrected chi connectivity index (χ4v) is 2.78. The summed E-state index contributed by atoms with van der Waals surface area (Å²) >= 11 is 0. The van der Waals surface area contributed by atoms with Crippen molar-refractivity contribution in [2.45, 2.75) is 26.9 Å².